The molecule has 4 atom stereocenters. The highest BCUT2D eigenvalue weighted by atomic mass is 16.6. The van der Waals surface area contributed by atoms with Crippen LogP contribution >= 0.6 is 0 Å². The molecule has 226 valence electrons. The molecule has 0 unspecified atom stereocenters. The average molecular weight is 601 g/mol. The SMILES string of the molecule is Cc1cc2ccccc2c([C@@H]2O[C@H](COC(=O)c3ccccc3)[C@@H](OC(=O)c3ccccc3)[C@H]2OC(=O)c2ccccc2)c1C. The predicted octanol–water partition coefficient (Wildman–Crippen LogP) is 7.20. The van der Waals surface area contributed by atoms with Crippen molar-refractivity contribution in [2.45, 2.75) is 38.3 Å². The van der Waals surface area contributed by atoms with Crippen LogP contribution in [0, 0.1) is 13.8 Å². The monoisotopic (exact) mass is 600 g/mol. The molecule has 0 aliphatic carbocycles. The van der Waals surface area contributed by atoms with E-state index in [0.29, 0.717) is 16.7 Å². The van der Waals surface area contributed by atoms with Crippen molar-refractivity contribution in [1.29, 1.82) is 0 Å². The summed E-state index contributed by atoms with van der Waals surface area (Å²) in [6.07, 6.45) is -3.94. The minimum absolute atomic E-state index is 0.237. The summed E-state index contributed by atoms with van der Waals surface area (Å²) in [6, 6.07) is 35.8. The van der Waals surface area contributed by atoms with Crippen molar-refractivity contribution in [3.8, 4) is 0 Å². The van der Waals surface area contributed by atoms with Gasteiger partial charge in [0, 0.05) is 0 Å². The molecule has 7 heteroatoms. The zero-order valence-corrected chi connectivity index (χ0v) is 24.9. The maximum Gasteiger partial charge on any atom is 0.338 e. The summed E-state index contributed by atoms with van der Waals surface area (Å²) >= 11 is 0. The highest BCUT2D eigenvalue weighted by molar-refractivity contribution is 5.92. The highest BCUT2D eigenvalue weighted by Crippen LogP contribution is 2.43. The fraction of sp³-hybridized carbons (Fsp3) is 0.184. The summed E-state index contributed by atoms with van der Waals surface area (Å²) in [6.45, 7) is 3.76. The molecule has 1 aliphatic heterocycles. The summed E-state index contributed by atoms with van der Waals surface area (Å²) < 4.78 is 24.6. The lowest BCUT2D eigenvalue weighted by Crippen LogP contribution is -2.41. The van der Waals surface area contributed by atoms with Gasteiger partial charge in [0.15, 0.2) is 12.2 Å². The van der Waals surface area contributed by atoms with Gasteiger partial charge in [-0.05, 0) is 77.7 Å². The molecule has 0 spiro atoms. The van der Waals surface area contributed by atoms with Gasteiger partial charge < -0.3 is 18.9 Å². The van der Waals surface area contributed by atoms with Gasteiger partial charge in [-0.25, -0.2) is 14.4 Å². The Kier molecular flexibility index (Phi) is 8.71. The Hall–Kier alpha value is -5.27. The van der Waals surface area contributed by atoms with Crippen molar-refractivity contribution in [2.24, 2.45) is 0 Å². The summed E-state index contributed by atoms with van der Waals surface area (Å²) in [5, 5.41) is 1.91. The van der Waals surface area contributed by atoms with Gasteiger partial charge in [0.05, 0.1) is 16.7 Å². The Balaban J connectivity index is 1.42. The van der Waals surface area contributed by atoms with E-state index in [0.717, 1.165) is 27.5 Å². The predicted molar refractivity (Wildman–Crippen MR) is 169 cm³/mol. The summed E-state index contributed by atoms with van der Waals surface area (Å²) in [7, 11) is 0. The van der Waals surface area contributed by atoms with Crippen LogP contribution in [0.5, 0.6) is 0 Å². The lowest BCUT2D eigenvalue weighted by Gasteiger charge is -2.26. The Labute approximate surface area is 261 Å². The number of aryl methyl sites for hydroxylation is 1. The van der Waals surface area contributed by atoms with Gasteiger partial charge in [-0.15, -0.1) is 0 Å². The van der Waals surface area contributed by atoms with Crippen LogP contribution < -0.4 is 0 Å². The fourth-order valence-electron chi connectivity index (χ4n) is 5.70. The lowest BCUT2D eigenvalue weighted by atomic mass is 9.89. The van der Waals surface area contributed by atoms with Crippen LogP contribution in [0.15, 0.2) is 121 Å². The van der Waals surface area contributed by atoms with Crippen molar-refractivity contribution in [3.63, 3.8) is 0 Å². The van der Waals surface area contributed by atoms with E-state index in [1.54, 1.807) is 84.9 Å². The number of hydrogen-bond acceptors (Lipinski definition) is 7. The maximum atomic E-state index is 13.5. The van der Waals surface area contributed by atoms with Crippen molar-refractivity contribution in [2.75, 3.05) is 6.61 Å². The summed E-state index contributed by atoms with van der Waals surface area (Å²) in [5.41, 5.74) is 3.83. The molecule has 5 aromatic rings. The summed E-state index contributed by atoms with van der Waals surface area (Å²) in [5.74, 6) is -1.76. The molecule has 0 N–H and O–H groups in total. The van der Waals surface area contributed by atoms with E-state index in [1.165, 1.54) is 0 Å². The first-order chi connectivity index (χ1) is 21.9. The second kappa shape index (κ2) is 13.2. The first kappa shape index (κ1) is 29.8. The van der Waals surface area contributed by atoms with E-state index in [1.807, 2.05) is 44.2 Å². The molecule has 7 nitrogen and oxygen atoms in total. The largest absolute Gasteiger partial charge is 0.459 e. The van der Waals surface area contributed by atoms with E-state index in [4.69, 9.17) is 18.9 Å². The molecule has 0 saturated carbocycles. The van der Waals surface area contributed by atoms with Crippen molar-refractivity contribution in [3.05, 3.63) is 155 Å². The molecule has 1 fully saturated rings. The molecule has 0 bridgehead atoms. The van der Waals surface area contributed by atoms with Gasteiger partial charge in [0.25, 0.3) is 0 Å². The first-order valence-electron chi connectivity index (χ1n) is 14.8. The second-order valence-corrected chi connectivity index (χ2v) is 11.0. The second-order valence-electron chi connectivity index (χ2n) is 11.0. The number of ether oxygens (including phenoxy) is 4. The Morgan fingerprint density at radius 1 is 0.622 bits per heavy atom. The number of carbonyl (C=O) groups is 3. The number of carbonyl (C=O) groups excluding carboxylic acids is 3. The molecule has 1 aliphatic rings. The molecule has 1 heterocycles. The van der Waals surface area contributed by atoms with Gasteiger partial charge >= 0.3 is 17.9 Å². The van der Waals surface area contributed by atoms with Gasteiger partial charge in [-0.1, -0.05) is 84.9 Å². The Morgan fingerprint density at radius 2 is 1.11 bits per heavy atom. The van der Waals surface area contributed by atoms with Crippen LogP contribution in [-0.4, -0.2) is 42.8 Å². The normalized spacial score (nSPS) is 19.2. The Bertz CT molecular complexity index is 1820. The van der Waals surface area contributed by atoms with Gasteiger partial charge in [-0.3, -0.25) is 0 Å². The van der Waals surface area contributed by atoms with Gasteiger partial charge in [-0.2, -0.15) is 0 Å². The quantitative estimate of drug-likeness (QED) is 0.137. The highest BCUT2D eigenvalue weighted by Gasteiger charge is 2.51. The lowest BCUT2D eigenvalue weighted by molar-refractivity contribution is -0.0449. The standard InChI is InChI=1S/C38H32O7/c1-24-22-29-20-12-13-21-30(29)32(25(24)2)34-35(45-38(41)28-18-10-5-11-19-28)33(44-37(40)27-16-8-4-9-17-27)31(43-34)23-42-36(39)26-14-6-3-7-15-26/h3-22,31,33-35H,23H2,1-2H3/t31-,33-,34+,35-/m1/s1. The zero-order valence-electron chi connectivity index (χ0n) is 24.9. The van der Waals surface area contributed by atoms with Crippen molar-refractivity contribution < 1.29 is 33.3 Å². The van der Waals surface area contributed by atoms with Crippen molar-refractivity contribution >= 4 is 28.7 Å². The number of rotatable bonds is 8. The van der Waals surface area contributed by atoms with E-state index in [9.17, 15) is 14.4 Å². The third-order valence-corrected chi connectivity index (χ3v) is 8.11. The van der Waals surface area contributed by atoms with E-state index < -0.39 is 42.3 Å². The molecule has 45 heavy (non-hydrogen) atoms. The van der Waals surface area contributed by atoms with E-state index in [2.05, 4.69) is 6.07 Å². The number of esters is 3. The molecule has 0 radical (unpaired) electrons. The molecular weight excluding hydrogens is 568 g/mol. The minimum atomic E-state index is -1.10. The van der Waals surface area contributed by atoms with Gasteiger partial charge in [0.1, 0.15) is 18.8 Å². The minimum Gasteiger partial charge on any atom is -0.459 e. The van der Waals surface area contributed by atoms with Crippen LogP contribution in [0.25, 0.3) is 10.8 Å². The van der Waals surface area contributed by atoms with Gasteiger partial charge in [0.2, 0.25) is 0 Å². The summed E-state index contributed by atoms with van der Waals surface area (Å²) in [4.78, 5) is 40.0. The Morgan fingerprint density at radius 3 is 1.69 bits per heavy atom. The molecule has 6 rings (SSSR count). The van der Waals surface area contributed by atoms with E-state index >= 15 is 0 Å². The third-order valence-electron chi connectivity index (χ3n) is 8.11. The molecule has 0 amide bonds. The number of benzene rings is 5. The average Bonchev–Trinajstić information content (AvgIpc) is 3.40. The van der Waals surface area contributed by atoms with Crippen LogP contribution in [0.2, 0.25) is 0 Å². The fourth-order valence-corrected chi connectivity index (χ4v) is 5.70. The topological polar surface area (TPSA) is 88.1 Å². The first-order valence-corrected chi connectivity index (χ1v) is 14.8. The smallest absolute Gasteiger partial charge is 0.338 e. The maximum absolute atomic E-state index is 13.5. The number of fused-ring (bicyclic) bond motifs is 1. The molecule has 0 aromatic heterocycles. The number of hydrogen-bond donors (Lipinski definition) is 0. The van der Waals surface area contributed by atoms with Crippen molar-refractivity contribution in [1.82, 2.24) is 0 Å². The zero-order chi connectivity index (χ0) is 31.3. The van der Waals surface area contributed by atoms with Crippen LogP contribution in [0.4, 0.5) is 0 Å². The van der Waals surface area contributed by atoms with E-state index in [-0.39, 0.29) is 6.61 Å². The van der Waals surface area contributed by atoms with Crippen LogP contribution in [-0.2, 0) is 18.9 Å². The third kappa shape index (κ3) is 6.35. The molecular formula is C38H32O7. The van der Waals surface area contributed by atoms with Crippen LogP contribution in [0.1, 0.15) is 53.9 Å². The molecule has 5 aromatic carbocycles. The van der Waals surface area contributed by atoms with Crippen LogP contribution in [0.3, 0.4) is 0 Å². The molecule has 1 saturated heterocycles.